The molecule has 146 valence electrons. The number of rotatable bonds is 7. The lowest BCUT2D eigenvalue weighted by Gasteiger charge is -2.44. The molecule has 6 atom stereocenters. The van der Waals surface area contributed by atoms with E-state index in [4.69, 9.17) is 15.6 Å². The van der Waals surface area contributed by atoms with Crippen molar-refractivity contribution in [3.8, 4) is 0 Å². The topological polar surface area (TPSA) is 145 Å². The zero-order valence-corrected chi connectivity index (χ0v) is 15.3. The van der Waals surface area contributed by atoms with E-state index >= 15 is 0 Å². The maximum atomic E-state index is 12.3. The molecule has 0 spiro atoms. The number of nitrogens with one attached hydrogen (secondary N) is 1. The van der Waals surface area contributed by atoms with E-state index in [-0.39, 0.29) is 35.7 Å². The van der Waals surface area contributed by atoms with E-state index < -0.39 is 24.3 Å². The fourth-order valence-corrected chi connectivity index (χ4v) is 5.36. The van der Waals surface area contributed by atoms with Gasteiger partial charge in [-0.1, -0.05) is 0 Å². The summed E-state index contributed by atoms with van der Waals surface area (Å²) in [6, 6.07) is -0.0932. The van der Waals surface area contributed by atoms with Crippen LogP contribution < -0.4 is 11.1 Å². The maximum absolute atomic E-state index is 12.3. The van der Waals surface area contributed by atoms with Gasteiger partial charge in [-0.15, -0.1) is 11.8 Å². The summed E-state index contributed by atoms with van der Waals surface area (Å²) in [5.74, 6) is -0.736. The third-order valence-electron chi connectivity index (χ3n) is 5.14. The van der Waals surface area contributed by atoms with Crippen LogP contribution in [0.15, 0.2) is 10.8 Å². The second-order valence-corrected chi connectivity index (χ2v) is 8.44. The molecular formula is C16H25N3O6S. The van der Waals surface area contributed by atoms with E-state index in [1.54, 1.807) is 6.92 Å². The van der Waals surface area contributed by atoms with Crippen LogP contribution in [0.2, 0.25) is 0 Å². The number of amides is 1. The summed E-state index contributed by atoms with van der Waals surface area (Å²) in [7, 11) is 0. The molecule has 3 aliphatic heterocycles. The number of nitrogens with two attached hydrogens (primary N) is 1. The highest BCUT2D eigenvalue weighted by Gasteiger charge is 2.57. The molecule has 3 aliphatic rings. The number of carbonyl (C=O) groups is 2. The van der Waals surface area contributed by atoms with Crippen LogP contribution in [0.4, 0.5) is 4.79 Å². The van der Waals surface area contributed by atoms with Crippen LogP contribution in [0.3, 0.4) is 0 Å². The predicted octanol–water partition coefficient (Wildman–Crippen LogP) is -0.365. The van der Waals surface area contributed by atoms with Gasteiger partial charge in [-0.05, 0) is 19.8 Å². The molecule has 2 saturated heterocycles. The van der Waals surface area contributed by atoms with Crippen molar-refractivity contribution in [1.29, 1.82) is 0 Å². The molecule has 3 rings (SSSR count). The van der Waals surface area contributed by atoms with E-state index in [1.165, 1.54) is 16.7 Å². The molecular weight excluding hydrogens is 362 g/mol. The lowest BCUT2D eigenvalue weighted by molar-refractivity contribution is -0.160. The number of hydrogen-bond acceptors (Lipinski definition) is 8. The quantitative estimate of drug-likeness (QED) is 0.292. The summed E-state index contributed by atoms with van der Waals surface area (Å²) in [6.07, 6.45) is -0.914. The normalized spacial score (nSPS) is 33.1. The van der Waals surface area contributed by atoms with Crippen LogP contribution in [0, 0.1) is 5.92 Å². The van der Waals surface area contributed by atoms with Crippen molar-refractivity contribution >= 4 is 23.8 Å². The number of β-lactam (4-membered cyclic amide) rings is 1. The van der Waals surface area contributed by atoms with Gasteiger partial charge in [-0.2, -0.15) is 0 Å². The van der Waals surface area contributed by atoms with E-state index in [1.807, 2.05) is 0 Å². The molecule has 0 radical (unpaired) electrons. The molecule has 3 heterocycles. The number of carbonyl (C=O) groups excluding carboxylic acids is 1. The highest BCUT2D eigenvalue weighted by Crippen LogP contribution is 2.48. The first kappa shape index (κ1) is 19.4. The number of aliphatic hydroxyl groups excluding tert-OH is 2. The summed E-state index contributed by atoms with van der Waals surface area (Å²) in [5.41, 5.74) is 5.45. The number of thioether (sulfide) groups is 1. The number of nitrogens with zero attached hydrogens (tertiary/aromatic N) is 1. The number of aliphatic hydroxyl groups is 2. The number of hydrogen-bond donors (Lipinski definition) is 5. The second-order valence-electron chi connectivity index (χ2n) is 7.05. The Morgan fingerprint density at radius 1 is 1.50 bits per heavy atom. The SMILES string of the molecule is C[C@@H](O)[C@H]1C(=O)N2C(OC(=O)O)=C(S[C@@H]3CN[C@H](CC(O)CN)C3)C[C@H]12. The second kappa shape index (κ2) is 7.73. The van der Waals surface area contributed by atoms with Crippen molar-refractivity contribution in [2.45, 2.75) is 55.7 Å². The van der Waals surface area contributed by atoms with Crippen molar-refractivity contribution in [2.24, 2.45) is 11.7 Å². The third-order valence-corrected chi connectivity index (χ3v) is 6.46. The van der Waals surface area contributed by atoms with Crippen LogP contribution in [-0.2, 0) is 9.53 Å². The third kappa shape index (κ3) is 3.70. The molecule has 0 aliphatic carbocycles. The fraction of sp³-hybridized carbons (Fsp3) is 0.750. The Kier molecular flexibility index (Phi) is 5.78. The van der Waals surface area contributed by atoms with Gasteiger partial charge in [0, 0.05) is 35.7 Å². The maximum Gasteiger partial charge on any atom is 0.512 e. The molecule has 26 heavy (non-hydrogen) atoms. The van der Waals surface area contributed by atoms with Gasteiger partial charge in [0.1, 0.15) is 0 Å². The van der Waals surface area contributed by atoms with Crippen LogP contribution in [0.25, 0.3) is 0 Å². The predicted molar refractivity (Wildman–Crippen MR) is 94.0 cm³/mol. The Balaban J connectivity index is 1.67. The molecule has 9 nitrogen and oxygen atoms in total. The Labute approximate surface area is 155 Å². The highest BCUT2D eigenvalue weighted by atomic mass is 32.2. The largest absolute Gasteiger partial charge is 0.512 e. The zero-order valence-electron chi connectivity index (χ0n) is 14.5. The van der Waals surface area contributed by atoms with E-state index in [2.05, 4.69) is 5.32 Å². The van der Waals surface area contributed by atoms with Crippen molar-refractivity contribution in [3.05, 3.63) is 10.8 Å². The van der Waals surface area contributed by atoms with Crippen LogP contribution in [-0.4, -0.2) is 74.9 Å². The van der Waals surface area contributed by atoms with Gasteiger partial charge in [0.05, 0.1) is 24.2 Å². The van der Waals surface area contributed by atoms with Gasteiger partial charge in [0.25, 0.3) is 0 Å². The highest BCUT2D eigenvalue weighted by molar-refractivity contribution is 8.03. The Bertz CT molecular complexity index is 613. The first-order valence-corrected chi connectivity index (χ1v) is 9.63. The molecule has 0 saturated carbocycles. The Hall–Kier alpha value is -1.33. The molecule has 0 aromatic heterocycles. The van der Waals surface area contributed by atoms with Crippen LogP contribution in [0.5, 0.6) is 0 Å². The molecule has 10 heteroatoms. The van der Waals surface area contributed by atoms with Crippen LogP contribution >= 0.6 is 11.8 Å². The van der Waals surface area contributed by atoms with Crippen molar-refractivity contribution < 1.29 is 29.6 Å². The van der Waals surface area contributed by atoms with E-state index in [0.717, 1.165) is 17.9 Å². The van der Waals surface area contributed by atoms with Crippen molar-refractivity contribution in [3.63, 3.8) is 0 Å². The Morgan fingerprint density at radius 2 is 2.23 bits per heavy atom. The average molecular weight is 387 g/mol. The van der Waals surface area contributed by atoms with Gasteiger partial charge in [0.2, 0.25) is 11.8 Å². The summed E-state index contributed by atoms with van der Waals surface area (Å²) >= 11 is 1.51. The molecule has 2 fully saturated rings. The summed E-state index contributed by atoms with van der Waals surface area (Å²) in [4.78, 5) is 25.4. The fourth-order valence-electron chi connectivity index (χ4n) is 3.94. The van der Waals surface area contributed by atoms with Crippen molar-refractivity contribution in [1.82, 2.24) is 10.2 Å². The minimum absolute atomic E-state index is 0.0832. The van der Waals surface area contributed by atoms with Gasteiger partial charge in [-0.3, -0.25) is 9.69 Å². The molecule has 0 bridgehead atoms. The first-order chi connectivity index (χ1) is 12.3. The number of carboxylic acid groups (broad SMARTS) is 1. The Morgan fingerprint density at radius 3 is 2.85 bits per heavy atom. The standard InChI is InChI=1S/C16H25N3O6S/c1-7(20)13-11-4-12(15(25-16(23)24)19(11)14(13)22)26-10-3-8(18-6-10)2-9(21)5-17/h7-11,13,18,20-21H,2-6,17H2,1H3,(H,23,24)/t7-,8-,9?,10+,11-,13-/m1/s1. The molecule has 0 aromatic rings. The lowest BCUT2D eigenvalue weighted by Crippen LogP contribution is -2.61. The van der Waals surface area contributed by atoms with E-state index in [0.29, 0.717) is 12.8 Å². The summed E-state index contributed by atoms with van der Waals surface area (Å²) in [6.45, 7) is 2.50. The number of fused-ring (bicyclic) bond motifs is 1. The summed E-state index contributed by atoms with van der Waals surface area (Å²) in [5, 5.41) is 32.0. The molecule has 1 unspecified atom stereocenters. The number of ether oxygens (including phenoxy) is 1. The van der Waals surface area contributed by atoms with Crippen LogP contribution in [0.1, 0.15) is 26.2 Å². The van der Waals surface area contributed by atoms with Gasteiger partial charge >= 0.3 is 6.16 Å². The minimum Gasteiger partial charge on any atom is -0.449 e. The monoisotopic (exact) mass is 387 g/mol. The van der Waals surface area contributed by atoms with Gasteiger partial charge in [-0.25, -0.2) is 4.79 Å². The van der Waals surface area contributed by atoms with Gasteiger partial charge < -0.3 is 31.1 Å². The first-order valence-electron chi connectivity index (χ1n) is 8.75. The average Bonchev–Trinajstić information content (AvgIpc) is 3.09. The van der Waals surface area contributed by atoms with Crippen molar-refractivity contribution in [2.75, 3.05) is 13.1 Å². The molecule has 6 N–H and O–H groups in total. The lowest BCUT2D eigenvalue weighted by atomic mass is 9.84. The minimum atomic E-state index is -1.46. The summed E-state index contributed by atoms with van der Waals surface area (Å²) < 4.78 is 4.90. The van der Waals surface area contributed by atoms with Gasteiger partial charge in [0.15, 0.2) is 0 Å². The zero-order chi connectivity index (χ0) is 19.0. The smallest absolute Gasteiger partial charge is 0.449 e. The molecule has 0 aromatic carbocycles. The van der Waals surface area contributed by atoms with E-state index in [9.17, 15) is 19.8 Å². The molecule has 1 amide bonds.